The third kappa shape index (κ3) is 7.24. The molecule has 0 heterocycles. The average Bonchev–Trinajstić information content (AvgIpc) is 2.69. The number of anilines is 2. The molecule has 0 unspecified atom stereocenters. The van der Waals surface area contributed by atoms with Crippen LogP contribution in [0.25, 0.3) is 0 Å². The van der Waals surface area contributed by atoms with Gasteiger partial charge in [0.05, 0.1) is 0 Å². The van der Waals surface area contributed by atoms with Crippen molar-refractivity contribution in [3.63, 3.8) is 0 Å². The summed E-state index contributed by atoms with van der Waals surface area (Å²) in [7, 11) is 0. The van der Waals surface area contributed by atoms with E-state index in [1.165, 1.54) is 5.56 Å². The van der Waals surface area contributed by atoms with E-state index in [1.54, 1.807) is 43.3 Å². The van der Waals surface area contributed by atoms with Gasteiger partial charge in [0.1, 0.15) is 0 Å². The van der Waals surface area contributed by atoms with Gasteiger partial charge >= 0.3 is 0 Å². The standard InChI is InChI=1S/C21H24N4O2S2/c1-4-18(26)24-20(28)22-16-9-11-17(12-10-16)23-21(29)25-19(27)15-7-5-14(6-8-15)13(2)3/h5-13H,4H2,1-3H3,(H2,22,24,26,28)(H2,23,25,27,29). The molecule has 0 aliphatic heterocycles. The molecule has 0 fully saturated rings. The predicted octanol–water partition coefficient (Wildman–Crippen LogP) is 4.16. The number of hydrogen-bond donors (Lipinski definition) is 4. The molecule has 0 aliphatic rings. The summed E-state index contributed by atoms with van der Waals surface area (Å²) in [6, 6.07) is 14.6. The number of hydrogen-bond acceptors (Lipinski definition) is 4. The van der Waals surface area contributed by atoms with Crippen LogP contribution in [-0.4, -0.2) is 22.0 Å². The molecule has 0 spiro atoms. The second-order valence-electron chi connectivity index (χ2n) is 6.62. The topological polar surface area (TPSA) is 82.3 Å². The van der Waals surface area contributed by atoms with E-state index in [0.717, 1.165) is 5.69 Å². The van der Waals surface area contributed by atoms with Gasteiger partial charge in [-0.15, -0.1) is 0 Å². The molecule has 4 N–H and O–H groups in total. The fourth-order valence-corrected chi connectivity index (χ4v) is 2.81. The van der Waals surface area contributed by atoms with Crippen LogP contribution in [0.4, 0.5) is 11.4 Å². The highest BCUT2D eigenvalue weighted by Gasteiger charge is 2.09. The molecule has 152 valence electrons. The lowest BCUT2D eigenvalue weighted by Crippen LogP contribution is -2.34. The lowest BCUT2D eigenvalue weighted by Gasteiger charge is -2.12. The Balaban J connectivity index is 1.87. The minimum absolute atomic E-state index is 0.152. The zero-order valence-corrected chi connectivity index (χ0v) is 18.2. The number of thiocarbonyl (C=S) groups is 2. The third-order valence-electron chi connectivity index (χ3n) is 4.04. The summed E-state index contributed by atoms with van der Waals surface area (Å²) in [6.07, 6.45) is 0.357. The van der Waals surface area contributed by atoms with Crippen molar-refractivity contribution in [1.82, 2.24) is 10.6 Å². The van der Waals surface area contributed by atoms with Gasteiger partial charge in [0.25, 0.3) is 5.91 Å². The molecule has 0 aromatic heterocycles. The van der Waals surface area contributed by atoms with Crippen LogP contribution in [0, 0.1) is 0 Å². The van der Waals surface area contributed by atoms with Crippen LogP contribution in [0.2, 0.25) is 0 Å². The molecular formula is C21H24N4O2S2. The molecule has 0 saturated heterocycles. The Morgan fingerprint density at radius 1 is 0.828 bits per heavy atom. The van der Waals surface area contributed by atoms with Crippen molar-refractivity contribution < 1.29 is 9.59 Å². The van der Waals surface area contributed by atoms with Gasteiger partial charge in [-0.2, -0.15) is 0 Å². The fraction of sp³-hybridized carbons (Fsp3) is 0.238. The maximum Gasteiger partial charge on any atom is 0.257 e. The molecule has 8 heteroatoms. The Hall–Kier alpha value is -2.84. The molecule has 0 aliphatic carbocycles. The van der Waals surface area contributed by atoms with Crippen LogP contribution >= 0.6 is 24.4 Å². The molecule has 29 heavy (non-hydrogen) atoms. The molecule has 2 rings (SSSR count). The second kappa shape index (κ2) is 10.6. The summed E-state index contributed by atoms with van der Waals surface area (Å²) >= 11 is 10.3. The van der Waals surface area contributed by atoms with E-state index in [2.05, 4.69) is 35.1 Å². The van der Waals surface area contributed by atoms with Gasteiger partial charge in [0.15, 0.2) is 10.2 Å². The number of carbonyl (C=O) groups excluding carboxylic acids is 2. The molecule has 2 aromatic rings. The Bertz CT molecular complexity index is 894. The number of carbonyl (C=O) groups is 2. The molecule has 2 amide bonds. The van der Waals surface area contributed by atoms with Crippen molar-refractivity contribution in [2.45, 2.75) is 33.1 Å². The van der Waals surface area contributed by atoms with Gasteiger partial charge in [-0.05, 0) is 72.3 Å². The van der Waals surface area contributed by atoms with E-state index < -0.39 is 0 Å². The summed E-state index contributed by atoms with van der Waals surface area (Å²) < 4.78 is 0. The molecule has 6 nitrogen and oxygen atoms in total. The summed E-state index contributed by atoms with van der Waals surface area (Å²) in [5.74, 6) is -0.0154. The van der Waals surface area contributed by atoms with Crippen molar-refractivity contribution >= 4 is 57.8 Å². The monoisotopic (exact) mass is 428 g/mol. The lowest BCUT2D eigenvalue weighted by atomic mass is 10.0. The average molecular weight is 429 g/mol. The minimum atomic E-state index is -0.270. The van der Waals surface area contributed by atoms with Crippen LogP contribution < -0.4 is 21.3 Å². The van der Waals surface area contributed by atoms with Gasteiger partial charge in [0.2, 0.25) is 5.91 Å². The first-order valence-electron chi connectivity index (χ1n) is 9.21. The largest absolute Gasteiger partial charge is 0.332 e. The molecule has 0 atom stereocenters. The highest BCUT2D eigenvalue weighted by Crippen LogP contribution is 2.15. The molecular weight excluding hydrogens is 404 g/mol. The number of rotatable bonds is 5. The number of benzene rings is 2. The highest BCUT2D eigenvalue weighted by atomic mass is 32.1. The molecule has 0 radical (unpaired) electrons. The van der Waals surface area contributed by atoms with Crippen molar-refractivity contribution in [1.29, 1.82) is 0 Å². The first-order valence-corrected chi connectivity index (χ1v) is 10.0. The van der Waals surface area contributed by atoms with Crippen LogP contribution in [0.1, 0.15) is 49.0 Å². The van der Waals surface area contributed by atoms with Crippen molar-refractivity contribution in [2.24, 2.45) is 0 Å². The molecule has 0 bridgehead atoms. The Morgan fingerprint density at radius 2 is 1.31 bits per heavy atom. The van der Waals surface area contributed by atoms with Crippen molar-refractivity contribution in [3.05, 3.63) is 59.7 Å². The quantitative estimate of drug-likeness (QED) is 0.536. The van der Waals surface area contributed by atoms with E-state index in [-0.39, 0.29) is 22.0 Å². The highest BCUT2D eigenvalue weighted by molar-refractivity contribution is 7.80. The van der Waals surface area contributed by atoms with Crippen molar-refractivity contribution in [3.8, 4) is 0 Å². The summed E-state index contributed by atoms with van der Waals surface area (Å²) in [4.78, 5) is 23.6. The van der Waals surface area contributed by atoms with Gasteiger partial charge in [-0.25, -0.2) is 0 Å². The van der Waals surface area contributed by atoms with E-state index in [4.69, 9.17) is 24.4 Å². The van der Waals surface area contributed by atoms with Crippen LogP contribution in [0.3, 0.4) is 0 Å². The SMILES string of the molecule is CCC(=O)NC(=S)Nc1ccc(NC(=S)NC(=O)c2ccc(C(C)C)cc2)cc1. The Labute approximate surface area is 181 Å². The van der Waals surface area contributed by atoms with E-state index in [1.807, 2.05) is 12.1 Å². The van der Waals surface area contributed by atoms with Crippen LogP contribution in [0.5, 0.6) is 0 Å². The Kier molecular flexibility index (Phi) is 8.23. The number of amides is 2. The predicted molar refractivity (Wildman–Crippen MR) is 125 cm³/mol. The maximum absolute atomic E-state index is 12.3. The van der Waals surface area contributed by atoms with Crippen molar-refractivity contribution in [2.75, 3.05) is 10.6 Å². The number of nitrogens with one attached hydrogen (secondary N) is 4. The van der Waals surface area contributed by atoms with Gasteiger partial charge in [-0.1, -0.05) is 32.9 Å². The Morgan fingerprint density at radius 3 is 1.76 bits per heavy atom. The smallest absolute Gasteiger partial charge is 0.257 e. The fourth-order valence-electron chi connectivity index (χ4n) is 2.37. The van der Waals surface area contributed by atoms with E-state index in [9.17, 15) is 9.59 Å². The minimum Gasteiger partial charge on any atom is -0.332 e. The second-order valence-corrected chi connectivity index (χ2v) is 7.43. The molecule has 2 aromatic carbocycles. The summed E-state index contributed by atoms with van der Waals surface area (Å²) in [6.45, 7) is 5.95. The summed E-state index contributed by atoms with van der Waals surface area (Å²) in [5, 5.41) is 11.6. The van der Waals surface area contributed by atoms with E-state index >= 15 is 0 Å². The van der Waals surface area contributed by atoms with Gasteiger partial charge in [0, 0.05) is 23.4 Å². The van der Waals surface area contributed by atoms with Crippen LogP contribution in [-0.2, 0) is 4.79 Å². The zero-order valence-electron chi connectivity index (χ0n) is 16.5. The molecule has 0 saturated carbocycles. The first kappa shape index (κ1) is 22.4. The van der Waals surface area contributed by atoms with Gasteiger partial charge < -0.3 is 16.0 Å². The summed E-state index contributed by atoms with van der Waals surface area (Å²) in [5.41, 5.74) is 3.14. The van der Waals surface area contributed by atoms with Gasteiger partial charge in [-0.3, -0.25) is 14.9 Å². The lowest BCUT2D eigenvalue weighted by molar-refractivity contribution is -0.119. The third-order valence-corrected chi connectivity index (χ3v) is 4.45. The zero-order chi connectivity index (χ0) is 21.4. The van der Waals surface area contributed by atoms with E-state index in [0.29, 0.717) is 23.6 Å². The van der Waals surface area contributed by atoms with Crippen LogP contribution in [0.15, 0.2) is 48.5 Å². The first-order chi connectivity index (χ1) is 13.8. The maximum atomic E-state index is 12.3. The normalized spacial score (nSPS) is 10.2.